The van der Waals surface area contributed by atoms with Gasteiger partial charge in [-0.3, -0.25) is 14.1 Å². The minimum absolute atomic E-state index is 0.0512. The summed E-state index contributed by atoms with van der Waals surface area (Å²) in [4.78, 5) is 20.1. The molecule has 2 aliphatic heterocycles. The van der Waals surface area contributed by atoms with Crippen LogP contribution >= 0.6 is 23.5 Å². The molecule has 1 unspecified atom stereocenters. The van der Waals surface area contributed by atoms with Crippen LogP contribution in [0.5, 0.6) is 0 Å². The molecule has 0 saturated carbocycles. The zero-order valence-corrected chi connectivity index (χ0v) is 35.3. The fraction of sp³-hybridized carbons (Fsp3) is 0.528. The van der Waals surface area contributed by atoms with Gasteiger partial charge in [-0.25, -0.2) is 14.8 Å². The number of thioether (sulfide) groups is 2. The SMILES string of the molecule is C=C(N[C@@H]1c2cccn2C(=O)N[C@H]1CC)SC.C=C(N[C@@H]1c2cccn2C(OCC)N[C@H]1CC)SC.CCOS(=O)(=O)C(F)(F)F.Cc1cc(C)nc(C)n1. The molecule has 19 heteroatoms. The number of hydrogen-bond acceptors (Lipinski definition) is 12. The fourth-order valence-electron chi connectivity index (χ4n) is 5.72. The van der Waals surface area contributed by atoms with Gasteiger partial charge in [-0.15, -0.1) is 23.5 Å². The van der Waals surface area contributed by atoms with Crippen molar-refractivity contribution in [1.29, 1.82) is 0 Å². The normalized spacial score (nSPS) is 20.1. The summed E-state index contributed by atoms with van der Waals surface area (Å²) in [6.07, 6.45) is 9.72. The predicted molar refractivity (Wildman–Crippen MR) is 215 cm³/mol. The topological polar surface area (TPSA) is 153 Å². The van der Waals surface area contributed by atoms with Crippen LogP contribution in [0.4, 0.5) is 18.0 Å². The van der Waals surface area contributed by atoms with Crippen LogP contribution < -0.4 is 21.3 Å². The Morgan fingerprint density at radius 2 is 1.42 bits per heavy atom. The van der Waals surface area contributed by atoms with E-state index in [0.717, 1.165) is 52.7 Å². The Labute approximate surface area is 331 Å². The van der Waals surface area contributed by atoms with E-state index in [4.69, 9.17) is 4.74 Å². The summed E-state index contributed by atoms with van der Waals surface area (Å²) in [7, 11) is -5.35. The Hall–Kier alpha value is -3.49. The van der Waals surface area contributed by atoms with Crippen LogP contribution in [0.1, 0.15) is 87.6 Å². The summed E-state index contributed by atoms with van der Waals surface area (Å²) in [5.74, 6) is 0.854. The number of halogens is 3. The van der Waals surface area contributed by atoms with Crippen molar-refractivity contribution in [1.82, 2.24) is 40.4 Å². The first-order valence-electron chi connectivity index (χ1n) is 17.6. The summed E-state index contributed by atoms with van der Waals surface area (Å²) >= 11 is 3.23. The first-order chi connectivity index (χ1) is 25.9. The smallest absolute Gasteiger partial charge is 0.370 e. The lowest BCUT2D eigenvalue weighted by Gasteiger charge is -2.39. The van der Waals surface area contributed by atoms with Crippen molar-refractivity contribution in [3.63, 3.8) is 0 Å². The molecule has 0 fully saturated rings. The highest BCUT2D eigenvalue weighted by Gasteiger charge is 2.47. The van der Waals surface area contributed by atoms with E-state index in [1.807, 2.05) is 58.4 Å². The van der Waals surface area contributed by atoms with Crippen LogP contribution in [-0.2, 0) is 19.0 Å². The van der Waals surface area contributed by atoms with E-state index in [9.17, 15) is 26.4 Å². The molecular formula is C36H55F3N8O5S3. The Bertz CT molecular complexity index is 1750. The number of nitrogens with one attached hydrogen (secondary N) is 4. The van der Waals surface area contributed by atoms with Gasteiger partial charge >= 0.3 is 21.7 Å². The molecule has 5 rings (SSSR count). The maximum absolute atomic E-state index is 11.8. The van der Waals surface area contributed by atoms with Crippen LogP contribution in [0.3, 0.4) is 0 Å². The van der Waals surface area contributed by atoms with Crippen molar-refractivity contribution >= 4 is 39.7 Å². The molecule has 0 radical (unpaired) electrons. The lowest BCUT2D eigenvalue weighted by atomic mass is 10.0. The van der Waals surface area contributed by atoms with E-state index in [1.165, 1.54) is 5.69 Å². The Kier molecular flexibility index (Phi) is 19.3. The van der Waals surface area contributed by atoms with E-state index in [1.54, 1.807) is 34.3 Å². The molecule has 0 saturated heterocycles. The average Bonchev–Trinajstić information content (AvgIpc) is 3.82. The molecule has 5 heterocycles. The average molecular weight is 833 g/mol. The van der Waals surface area contributed by atoms with Crippen LogP contribution in [0.2, 0.25) is 0 Å². The van der Waals surface area contributed by atoms with Crippen molar-refractivity contribution in [2.75, 3.05) is 25.7 Å². The quantitative estimate of drug-likeness (QED) is 0.106. The Morgan fingerprint density at radius 1 is 0.891 bits per heavy atom. The number of amides is 1. The number of carbonyl (C=O) groups excluding carboxylic acids is 1. The molecule has 3 aromatic heterocycles. The molecular weight excluding hydrogens is 778 g/mol. The number of aromatic nitrogens is 4. The zero-order chi connectivity index (χ0) is 41.5. The summed E-state index contributed by atoms with van der Waals surface area (Å²) < 4.78 is 66.8. The third kappa shape index (κ3) is 13.9. The molecule has 13 nitrogen and oxygen atoms in total. The lowest BCUT2D eigenvalue weighted by Crippen LogP contribution is -2.50. The van der Waals surface area contributed by atoms with Gasteiger partial charge in [0, 0.05) is 42.1 Å². The van der Waals surface area contributed by atoms with Crippen molar-refractivity contribution < 1.29 is 35.3 Å². The molecule has 3 aromatic rings. The van der Waals surface area contributed by atoms with Gasteiger partial charge in [-0.2, -0.15) is 21.6 Å². The van der Waals surface area contributed by atoms with Gasteiger partial charge < -0.3 is 25.3 Å². The van der Waals surface area contributed by atoms with Gasteiger partial charge in [0.05, 0.1) is 40.5 Å². The number of rotatable bonds is 12. The number of nitrogens with zero attached hydrogens (tertiary/aromatic N) is 4. The molecule has 0 spiro atoms. The second kappa shape index (κ2) is 22.3. The van der Waals surface area contributed by atoms with Gasteiger partial charge in [-0.05, 0) is 90.3 Å². The number of alkyl halides is 3. The Morgan fingerprint density at radius 3 is 1.87 bits per heavy atom. The van der Waals surface area contributed by atoms with Crippen LogP contribution in [0.25, 0.3) is 0 Å². The molecule has 5 atom stereocenters. The highest BCUT2D eigenvalue weighted by Crippen LogP contribution is 2.31. The minimum Gasteiger partial charge on any atom is -0.370 e. The molecule has 0 aromatic carbocycles. The summed E-state index contributed by atoms with van der Waals surface area (Å²) in [5, 5.41) is 15.3. The number of hydrogen-bond donors (Lipinski definition) is 4. The lowest BCUT2D eigenvalue weighted by molar-refractivity contribution is -0.0539. The van der Waals surface area contributed by atoms with E-state index in [0.29, 0.717) is 12.6 Å². The number of aryl methyl sites for hydroxylation is 3. The largest absolute Gasteiger partial charge is 0.523 e. The third-order valence-corrected chi connectivity index (χ3v) is 10.5. The summed E-state index contributed by atoms with van der Waals surface area (Å²) in [5.41, 5.74) is -0.974. The van der Waals surface area contributed by atoms with E-state index in [2.05, 4.69) is 85.3 Å². The van der Waals surface area contributed by atoms with Crippen LogP contribution in [0, 0.1) is 20.8 Å². The highest BCUT2D eigenvalue weighted by atomic mass is 32.2. The maximum Gasteiger partial charge on any atom is 0.523 e. The Balaban J connectivity index is 0.000000266. The van der Waals surface area contributed by atoms with E-state index >= 15 is 0 Å². The maximum atomic E-state index is 11.8. The zero-order valence-electron chi connectivity index (χ0n) is 32.9. The molecule has 308 valence electrons. The number of ether oxygens (including phenoxy) is 1. The molecule has 2 aliphatic rings. The van der Waals surface area contributed by atoms with Crippen molar-refractivity contribution in [2.24, 2.45) is 0 Å². The van der Waals surface area contributed by atoms with Crippen molar-refractivity contribution in [2.45, 2.75) is 97.3 Å². The molecule has 1 amide bonds. The van der Waals surface area contributed by atoms with Gasteiger partial charge in [0.25, 0.3) is 0 Å². The summed E-state index contributed by atoms with van der Waals surface area (Å²) in [6, 6.07) is 10.8. The molecule has 0 bridgehead atoms. The van der Waals surface area contributed by atoms with E-state index in [-0.39, 0.29) is 30.5 Å². The molecule has 55 heavy (non-hydrogen) atoms. The molecule has 4 N–H and O–H groups in total. The first kappa shape index (κ1) is 47.7. The second-order valence-electron chi connectivity index (χ2n) is 12.1. The number of carbonyl (C=O) groups is 1. The van der Waals surface area contributed by atoms with Gasteiger partial charge in [0.15, 0.2) is 6.35 Å². The summed E-state index contributed by atoms with van der Waals surface area (Å²) in [6.45, 7) is 21.4. The van der Waals surface area contributed by atoms with E-state index < -0.39 is 22.2 Å². The fourth-order valence-corrected chi connectivity index (χ4v) is 6.65. The van der Waals surface area contributed by atoms with Gasteiger partial charge in [0.2, 0.25) is 0 Å². The van der Waals surface area contributed by atoms with Crippen LogP contribution in [0.15, 0.2) is 65.9 Å². The third-order valence-electron chi connectivity index (χ3n) is 8.15. The highest BCUT2D eigenvalue weighted by molar-refractivity contribution is 8.02. The van der Waals surface area contributed by atoms with Gasteiger partial charge in [-0.1, -0.05) is 27.0 Å². The predicted octanol–water partition coefficient (Wildman–Crippen LogP) is 7.40. The van der Waals surface area contributed by atoms with Crippen LogP contribution in [-0.4, -0.2) is 76.9 Å². The van der Waals surface area contributed by atoms with Crippen molar-refractivity contribution in [3.8, 4) is 0 Å². The van der Waals surface area contributed by atoms with Gasteiger partial charge in [0.1, 0.15) is 5.82 Å². The monoisotopic (exact) mass is 832 g/mol. The number of fused-ring (bicyclic) bond motifs is 2. The standard InChI is InChI=1S/C14H23N3OS.C12H17N3OS.C7H10N2.C3H5F3O3S/c1-5-11-13(15-10(3)19-4)12-8-7-9-17(12)14(16-11)18-6-2;1-4-9-11(13-8(2)17-3)10-6-5-7-15(10)12(16)14-9;1-5-4-6(2)9-7(3)8-5;1-2-9-10(7,8)3(4,5)6/h7-9,11,13-16H,3,5-6H2,1-2,4H3;5-7,9,11,13H,2,4H2,1,3H3,(H,14,16);4H,1-3H3;2H2,1H3/t11-,13-,14?;9-,11-;;/m00../s1. The van der Waals surface area contributed by atoms with Crippen molar-refractivity contribution in [3.05, 3.63) is 94.5 Å². The second-order valence-corrected chi connectivity index (χ2v) is 15.5. The first-order valence-corrected chi connectivity index (χ1v) is 21.5. The molecule has 0 aliphatic carbocycles. The minimum atomic E-state index is -5.35.